The van der Waals surface area contributed by atoms with Crippen molar-refractivity contribution in [1.82, 2.24) is 0 Å². The number of hydrogen-bond donors (Lipinski definition) is 1. The van der Waals surface area contributed by atoms with E-state index in [1.807, 2.05) is 24.3 Å². The fraction of sp³-hybridized carbons (Fsp3) is 0.120. The number of rotatable bonds is 5. The second-order valence-electron chi connectivity index (χ2n) is 7.02. The molecule has 0 aromatic heterocycles. The molecule has 7 nitrogen and oxygen atoms in total. The summed E-state index contributed by atoms with van der Waals surface area (Å²) in [5.41, 5.74) is 8.34. The number of carbonyl (C=O) groups excluding carboxylic acids is 1. The predicted molar refractivity (Wildman–Crippen MR) is 117 cm³/mol. The molecule has 0 aliphatic carbocycles. The van der Waals surface area contributed by atoms with Gasteiger partial charge in [-0.15, -0.1) is 0 Å². The number of hydrogen-bond acceptors (Lipinski definition) is 7. The summed E-state index contributed by atoms with van der Waals surface area (Å²) >= 11 is 0. The van der Waals surface area contributed by atoms with Gasteiger partial charge in [-0.2, -0.15) is 5.26 Å². The Morgan fingerprint density at radius 1 is 0.938 bits per heavy atom. The van der Waals surface area contributed by atoms with Crippen molar-refractivity contribution in [3.63, 3.8) is 0 Å². The van der Waals surface area contributed by atoms with Gasteiger partial charge in [-0.1, -0.05) is 18.2 Å². The van der Waals surface area contributed by atoms with Crippen LogP contribution in [0.4, 0.5) is 0 Å². The van der Waals surface area contributed by atoms with Gasteiger partial charge in [-0.25, -0.2) is 4.79 Å². The molecule has 0 bridgehead atoms. The van der Waals surface area contributed by atoms with Crippen molar-refractivity contribution in [3.05, 3.63) is 94.9 Å². The summed E-state index contributed by atoms with van der Waals surface area (Å²) in [6.07, 6.45) is 0. The molecule has 1 aliphatic rings. The first-order valence-corrected chi connectivity index (χ1v) is 9.75. The van der Waals surface area contributed by atoms with E-state index in [1.54, 1.807) is 56.7 Å². The number of carbonyl (C=O) groups is 1. The topological polar surface area (TPSA) is 104 Å². The highest BCUT2D eigenvalue weighted by Gasteiger charge is 2.31. The van der Waals surface area contributed by atoms with Crippen LogP contribution in [0.25, 0.3) is 0 Å². The molecule has 2 N–H and O–H groups in total. The van der Waals surface area contributed by atoms with Crippen LogP contribution in [-0.4, -0.2) is 20.2 Å². The summed E-state index contributed by atoms with van der Waals surface area (Å²) < 4.78 is 21.5. The Morgan fingerprint density at radius 3 is 2.12 bits per heavy atom. The lowest BCUT2D eigenvalue weighted by molar-refractivity contribution is 0.0734. The van der Waals surface area contributed by atoms with E-state index in [9.17, 15) is 10.1 Å². The minimum atomic E-state index is -0.517. The fourth-order valence-corrected chi connectivity index (χ4v) is 3.53. The molecule has 0 saturated carbocycles. The highest BCUT2D eigenvalue weighted by molar-refractivity contribution is 5.91. The summed E-state index contributed by atoms with van der Waals surface area (Å²) in [4.78, 5) is 12.5. The Morgan fingerprint density at radius 2 is 1.53 bits per heavy atom. The number of ether oxygens (including phenoxy) is 4. The number of nitriles is 1. The maximum Gasteiger partial charge on any atom is 0.343 e. The van der Waals surface area contributed by atoms with Crippen LogP contribution in [0.15, 0.2) is 78.2 Å². The molecule has 0 saturated heterocycles. The van der Waals surface area contributed by atoms with Crippen molar-refractivity contribution in [2.45, 2.75) is 5.92 Å². The monoisotopic (exact) mass is 428 g/mol. The molecule has 3 aromatic rings. The molecular weight excluding hydrogens is 408 g/mol. The minimum Gasteiger partial charge on any atom is -0.497 e. The van der Waals surface area contributed by atoms with Gasteiger partial charge in [-0.05, 0) is 48.0 Å². The number of allylic oxidation sites excluding steroid dienone is 1. The van der Waals surface area contributed by atoms with Gasteiger partial charge in [0.15, 0.2) is 0 Å². The first-order valence-electron chi connectivity index (χ1n) is 9.75. The van der Waals surface area contributed by atoms with Crippen LogP contribution in [0.1, 0.15) is 27.4 Å². The molecule has 0 spiro atoms. The lowest BCUT2D eigenvalue weighted by Crippen LogP contribution is -2.21. The minimum absolute atomic E-state index is 0.0134. The molecule has 0 amide bonds. The summed E-state index contributed by atoms with van der Waals surface area (Å²) in [5.74, 6) is 1.14. The zero-order chi connectivity index (χ0) is 22.7. The highest BCUT2D eigenvalue weighted by atomic mass is 16.5. The van der Waals surface area contributed by atoms with Gasteiger partial charge in [0.1, 0.15) is 34.6 Å². The molecule has 1 heterocycles. The van der Waals surface area contributed by atoms with Crippen molar-refractivity contribution in [3.8, 4) is 29.1 Å². The van der Waals surface area contributed by atoms with E-state index >= 15 is 0 Å². The van der Waals surface area contributed by atoms with Crippen molar-refractivity contribution in [2.75, 3.05) is 14.2 Å². The van der Waals surface area contributed by atoms with Crippen LogP contribution in [0.5, 0.6) is 23.0 Å². The molecule has 160 valence electrons. The molecule has 0 unspecified atom stereocenters. The van der Waals surface area contributed by atoms with E-state index < -0.39 is 11.9 Å². The van der Waals surface area contributed by atoms with E-state index in [2.05, 4.69) is 6.07 Å². The molecule has 1 atom stereocenters. The van der Waals surface area contributed by atoms with Crippen molar-refractivity contribution < 1.29 is 23.7 Å². The third-order valence-electron chi connectivity index (χ3n) is 5.18. The van der Waals surface area contributed by atoms with Crippen molar-refractivity contribution >= 4 is 5.97 Å². The zero-order valence-corrected chi connectivity index (χ0v) is 17.5. The van der Waals surface area contributed by atoms with E-state index in [4.69, 9.17) is 24.7 Å². The van der Waals surface area contributed by atoms with Crippen LogP contribution >= 0.6 is 0 Å². The Balaban J connectivity index is 1.65. The molecule has 32 heavy (non-hydrogen) atoms. The van der Waals surface area contributed by atoms with Gasteiger partial charge in [-0.3, -0.25) is 0 Å². The Hall–Kier alpha value is -4.44. The number of nitrogens with two attached hydrogens (primary N) is 1. The molecule has 1 aliphatic heterocycles. The molecule has 3 aromatic carbocycles. The fourth-order valence-electron chi connectivity index (χ4n) is 3.53. The second kappa shape index (κ2) is 8.74. The maximum atomic E-state index is 12.5. The molecule has 0 radical (unpaired) electrons. The van der Waals surface area contributed by atoms with E-state index in [-0.39, 0.29) is 5.88 Å². The van der Waals surface area contributed by atoms with Gasteiger partial charge in [0.05, 0.1) is 25.7 Å². The van der Waals surface area contributed by atoms with E-state index in [0.29, 0.717) is 34.1 Å². The predicted octanol–water partition coefficient (Wildman–Crippen LogP) is 4.14. The third kappa shape index (κ3) is 3.94. The van der Waals surface area contributed by atoms with Crippen LogP contribution in [-0.2, 0) is 0 Å². The smallest absolute Gasteiger partial charge is 0.343 e. The first kappa shape index (κ1) is 20.8. The Kier molecular flexibility index (Phi) is 5.69. The molecule has 4 rings (SSSR count). The number of fused-ring (bicyclic) bond motifs is 1. The molecule has 7 heteroatoms. The summed E-state index contributed by atoms with van der Waals surface area (Å²) in [7, 11) is 3.14. The van der Waals surface area contributed by atoms with Gasteiger partial charge >= 0.3 is 5.97 Å². The van der Waals surface area contributed by atoms with Crippen LogP contribution in [0, 0.1) is 11.3 Å². The second-order valence-corrected chi connectivity index (χ2v) is 7.02. The lowest BCUT2D eigenvalue weighted by atomic mass is 9.83. The normalized spacial score (nSPS) is 14.6. The highest BCUT2D eigenvalue weighted by Crippen LogP contribution is 2.43. The van der Waals surface area contributed by atoms with E-state index in [0.717, 1.165) is 11.1 Å². The first-order chi connectivity index (χ1) is 15.5. The summed E-state index contributed by atoms with van der Waals surface area (Å²) in [6.45, 7) is 0. The average molecular weight is 428 g/mol. The summed E-state index contributed by atoms with van der Waals surface area (Å²) in [5, 5.41) is 9.69. The Bertz CT molecular complexity index is 1220. The quantitative estimate of drug-likeness (QED) is 0.481. The Labute approximate surface area is 185 Å². The average Bonchev–Trinajstić information content (AvgIpc) is 2.83. The maximum absolute atomic E-state index is 12.5. The van der Waals surface area contributed by atoms with E-state index in [1.165, 1.54) is 0 Å². The largest absolute Gasteiger partial charge is 0.497 e. The van der Waals surface area contributed by atoms with Crippen molar-refractivity contribution in [1.29, 1.82) is 5.26 Å². The summed E-state index contributed by atoms with van der Waals surface area (Å²) in [6, 6.07) is 21.2. The third-order valence-corrected chi connectivity index (χ3v) is 5.18. The van der Waals surface area contributed by atoms with Crippen LogP contribution < -0.4 is 24.7 Å². The number of nitrogens with zero attached hydrogens (tertiary/aromatic N) is 1. The number of methoxy groups -OCH3 is 2. The molecule has 0 fully saturated rings. The van der Waals surface area contributed by atoms with Gasteiger partial charge in [0, 0.05) is 11.6 Å². The number of benzene rings is 3. The van der Waals surface area contributed by atoms with Crippen LogP contribution in [0.2, 0.25) is 0 Å². The van der Waals surface area contributed by atoms with Crippen molar-refractivity contribution in [2.24, 2.45) is 5.73 Å². The van der Waals surface area contributed by atoms with Gasteiger partial charge in [0.25, 0.3) is 0 Å². The van der Waals surface area contributed by atoms with Gasteiger partial charge < -0.3 is 24.7 Å². The zero-order valence-electron chi connectivity index (χ0n) is 17.5. The molecular formula is C25H20N2O5. The van der Waals surface area contributed by atoms with Crippen LogP contribution in [0.3, 0.4) is 0 Å². The standard InChI is InChI=1S/C25H20N2O5/c1-29-17-7-3-15(4-8-17)23-20-12-11-19(13-22(20)32-24(27)21(23)14-26)31-25(28)16-5-9-18(30-2)10-6-16/h3-13,23H,27H2,1-2H3/t23-/m1/s1. The SMILES string of the molecule is COc1ccc(C(=O)Oc2ccc3c(c2)OC(N)=C(C#N)[C@@H]3c2ccc(OC)cc2)cc1. The number of esters is 1. The lowest BCUT2D eigenvalue weighted by Gasteiger charge is -2.26. The van der Waals surface area contributed by atoms with Gasteiger partial charge in [0.2, 0.25) is 5.88 Å².